The van der Waals surface area contributed by atoms with Gasteiger partial charge in [0, 0.05) is 11.8 Å². The first kappa shape index (κ1) is 12.3. The van der Waals surface area contributed by atoms with E-state index >= 15 is 0 Å². The number of hydrogen-bond acceptors (Lipinski definition) is 3. The van der Waals surface area contributed by atoms with Crippen LogP contribution in [0.1, 0.15) is 33.6 Å². The van der Waals surface area contributed by atoms with Crippen molar-refractivity contribution in [1.29, 1.82) is 0 Å². The van der Waals surface area contributed by atoms with Crippen LogP contribution in [0.5, 0.6) is 0 Å². The Hall–Kier alpha value is 0.270. The smallest absolute Gasteiger partial charge is 0.0301 e. The zero-order valence-corrected chi connectivity index (χ0v) is 9.29. The highest BCUT2D eigenvalue weighted by molar-refractivity contribution is 7.99. The van der Waals surface area contributed by atoms with Gasteiger partial charge >= 0.3 is 0 Å². The van der Waals surface area contributed by atoms with Crippen molar-refractivity contribution < 1.29 is 0 Å². The van der Waals surface area contributed by atoms with E-state index in [1.54, 1.807) is 0 Å². The highest BCUT2D eigenvalue weighted by Crippen LogP contribution is 2.10. The van der Waals surface area contributed by atoms with E-state index < -0.39 is 0 Å². The van der Waals surface area contributed by atoms with Crippen LogP contribution in [-0.4, -0.2) is 17.5 Å². The first-order valence-corrected chi connectivity index (χ1v) is 5.90. The van der Waals surface area contributed by atoms with E-state index in [-0.39, 0.29) is 0 Å². The van der Waals surface area contributed by atoms with Gasteiger partial charge in [0.1, 0.15) is 0 Å². The van der Waals surface area contributed by atoms with Crippen molar-refractivity contribution in [2.75, 3.05) is 11.5 Å². The van der Waals surface area contributed by atoms with Crippen LogP contribution < -0.4 is 11.3 Å². The quantitative estimate of drug-likeness (QED) is 0.476. The van der Waals surface area contributed by atoms with Crippen molar-refractivity contribution >= 4 is 11.8 Å². The SMILES string of the molecule is CCSCC(CCC(C)C)NN. The molecule has 3 N–H and O–H groups in total. The zero-order valence-electron chi connectivity index (χ0n) is 8.47. The summed E-state index contributed by atoms with van der Waals surface area (Å²) in [6.45, 7) is 6.68. The van der Waals surface area contributed by atoms with Crippen molar-refractivity contribution in [3.63, 3.8) is 0 Å². The van der Waals surface area contributed by atoms with Gasteiger partial charge in [-0.05, 0) is 24.5 Å². The fourth-order valence-electron chi connectivity index (χ4n) is 1.01. The van der Waals surface area contributed by atoms with E-state index in [1.807, 2.05) is 11.8 Å². The molecule has 3 heteroatoms. The molecule has 0 aromatic carbocycles. The average Bonchev–Trinajstić information content (AvgIpc) is 2.05. The molecule has 1 atom stereocenters. The predicted molar refractivity (Wildman–Crippen MR) is 58.2 cm³/mol. The molecule has 0 spiro atoms. The molecule has 0 radical (unpaired) electrons. The lowest BCUT2D eigenvalue weighted by molar-refractivity contribution is 0.464. The molecule has 12 heavy (non-hydrogen) atoms. The summed E-state index contributed by atoms with van der Waals surface area (Å²) in [4.78, 5) is 0. The summed E-state index contributed by atoms with van der Waals surface area (Å²) in [5.41, 5.74) is 2.87. The van der Waals surface area contributed by atoms with Gasteiger partial charge in [-0.15, -0.1) is 0 Å². The van der Waals surface area contributed by atoms with Crippen molar-refractivity contribution in [3.05, 3.63) is 0 Å². The summed E-state index contributed by atoms with van der Waals surface area (Å²) in [5.74, 6) is 8.54. The third kappa shape index (κ3) is 6.95. The highest BCUT2D eigenvalue weighted by atomic mass is 32.2. The highest BCUT2D eigenvalue weighted by Gasteiger charge is 2.06. The summed E-state index contributed by atoms with van der Waals surface area (Å²) < 4.78 is 0. The molecule has 2 nitrogen and oxygen atoms in total. The Balaban J connectivity index is 3.39. The van der Waals surface area contributed by atoms with E-state index in [0.717, 1.165) is 11.7 Å². The van der Waals surface area contributed by atoms with Gasteiger partial charge in [-0.2, -0.15) is 11.8 Å². The minimum Gasteiger partial charge on any atom is -0.271 e. The maximum absolute atomic E-state index is 5.44. The van der Waals surface area contributed by atoms with E-state index in [4.69, 9.17) is 5.84 Å². The number of hydrazine groups is 1. The van der Waals surface area contributed by atoms with E-state index in [0.29, 0.717) is 6.04 Å². The minimum atomic E-state index is 0.498. The maximum Gasteiger partial charge on any atom is 0.0301 e. The lowest BCUT2D eigenvalue weighted by Crippen LogP contribution is -2.37. The third-order valence-corrected chi connectivity index (χ3v) is 2.90. The van der Waals surface area contributed by atoms with Crippen LogP contribution in [0.25, 0.3) is 0 Å². The van der Waals surface area contributed by atoms with Crippen LogP contribution in [0.4, 0.5) is 0 Å². The first-order chi connectivity index (χ1) is 5.70. The molecule has 0 aromatic rings. The molecule has 0 saturated carbocycles. The summed E-state index contributed by atoms with van der Waals surface area (Å²) in [5, 5.41) is 0. The lowest BCUT2D eigenvalue weighted by Gasteiger charge is -2.15. The van der Waals surface area contributed by atoms with Gasteiger partial charge in [0.25, 0.3) is 0 Å². The van der Waals surface area contributed by atoms with Gasteiger partial charge in [-0.1, -0.05) is 20.8 Å². The first-order valence-electron chi connectivity index (χ1n) is 4.74. The number of nitrogens with two attached hydrogens (primary N) is 1. The molecule has 0 fully saturated rings. The van der Waals surface area contributed by atoms with Crippen LogP contribution in [0.15, 0.2) is 0 Å². The number of thioether (sulfide) groups is 1. The molecule has 0 amide bonds. The third-order valence-electron chi connectivity index (χ3n) is 1.85. The van der Waals surface area contributed by atoms with Crippen molar-refractivity contribution in [2.24, 2.45) is 11.8 Å². The van der Waals surface area contributed by atoms with E-state index in [9.17, 15) is 0 Å². The van der Waals surface area contributed by atoms with Crippen molar-refractivity contribution in [2.45, 2.75) is 39.7 Å². The van der Waals surface area contributed by atoms with Crippen LogP contribution in [0.3, 0.4) is 0 Å². The topological polar surface area (TPSA) is 38.0 Å². The molecule has 0 aliphatic heterocycles. The van der Waals surface area contributed by atoms with Gasteiger partial charge in [-0.3, -0.25) is 11.3 Å². The molecule has 0 aliphatic carbocycles. The molecule has 0 rings (SSSR count). The fourth-order valence-corrected chi connectivity index (χ4v) is 1.79. The van der Waals surface area contributed by atoms with Gasteiger partial charge in [0.05, 0.1) is 0 Å². The predicted octanol–water partition coefficient (Wildman–Crippen LogP) is 2.01. The Morgan fingerprint density at radius 3 is 2.42 bits per heavy atom. The average molecular weight is 190 g/mol. The molecule has 0 aromatic heterocycles. The van der Waals surface area contributed by atoms with Gasteiger partial charge < -0.3 is 0 Å². The molecular formula is C9H22N2S. The van der Waals surface area contributed by atoms with Gasteiger partial charge in [0.2, 0.25) is 0 Å². The van der Waals surface area contributed by atoms with Gasteiger partial charge in [-0.25, -0.2) is 0 Å². The number of rotatable bonds is 7. The molecule has 0 bridgehead atoms. The monoisotopic (exact) mass is 190 g/mol. The standard InChI is InChI=1S/C9H22N2S/c1-4-12-7-9(11-10)6-5-8(2)3/h8-9,11H,4-7,10H2,1-3H3. The summed E-state index contributed by atoms with van der Waals surface area (Å²) in [6, 6.07) is 0.498. The van der Waals surface area contributed by atoms with Crippen LogP contribution in [0.2, 0.25) is 0 Å². The molecule has 0 heterocycles. The van der Waals surface area contributed by atoms with Gasteiger partial charge in [0.15, 0.2) is 0 Å². The molecule has 1 unspecified atom stereocenters. The molecular weight excluding hydrogens is 168 g/mol. The Bertz CT molecular complexity index is 96.5. The summed E-state index contributed by atoms with van der Waals surface area (Å²) >= 11 is 1.95. The van der Waals surface area contributed by atoms with E-state index in [1.165, 1.54) is 18.6 Å². The fraction of sp³-hybridized carbons (Fsp3) is 1.00. The molecule has 0 aliphatic rings. The molecule has 0 saturated heterocycles. The lowest BCUT2D eigenvalue weighted by atomic mass is 10.0. The number of nitrogens with one attached hydrogen (secondary N) is 1. The van der Waals surface area contributed by atoms with Crippen molar-refractivity contribution in [3.8, 4) is 0 Å². The second-order valence-electron chi connectivity index (χ2n) is 3.49. The van der Waals surface area contributed by atoms with Crippen LogP contribution in [0, 0.1) is 5.92 Å². The Labute approximate surface area is 80.6 Å². The molecule has 74 valence electrons. The normalized spacial score (nSPS) is 13.8. The van der Waals surface area contributed by atoms with Crippen molar-refractivity contribution in [1.82, 2.24) is 5.43 Å². The Kier molecular flexibility index (Phi) is 8.07. The summed E-state index contributed by atoms with van der Waals surface area (Å²) in [6.07, 6.45) is 2.46. The largest absolute Gasteiger partial charge is 0.271 e. The maximum atomic E-state index is 5.44. The van der Waals surface area contributed by atoms with Crippen LogP contribution >= 0.6 is 11.8 Å². The minimum absolute atomic E-state index is 0.498. The van der Waals surface area contributed by atoms with Crippen LogP contribution in [-0.2, 0) is 0 Å². The second-order valence-corrected chi connectivity index (χ2v) is 4.81. The Morgan fingerprint density at radius 1 is 1.33 bits per heavy atom. The zero-order chi connectivity index (χ0) is 9.40. The number of hydrogen-bond donors (Lipinski definition) is 2. The summed E-state index contributed by atoms with van der Waals surface area (Å²) in [7, 11) is 0. The second kappa shape index (κ2) is 7.90. The van der Waals surface area contributed by atoms with E-state index in [2.05, 4.69) is 26.2 Å². The Morgan fingerprint density at radius 2 is 2.00 bits per heavy atom.